The fraction of sp³-hybridized carbons (Fsp3) is 0.650. The van der Waals surface area contributed by atoms with Crippen molar-refractivity contribution in [2.75, 3.05) is 39.0 Å². The molecule has 1 aromatic carbocycles. The summed E-state index contributed by atoms with van der Waals surface area (Å²) < 4.78 is 25.3. The quantitative estimate of drug-likeness (QED) is 0.649. The predicted octanol–water partition coefficient (Wildman–Crippen LogP) is 1.99. The van der Waals surface area contributed by atoms with Crippen LogP contribution in [-0.2, 0) is 21.4 Å². The Morgan fingerprint density at radius 2 is 2.00 bits per heavy atom. The van der Waals surface area contributed by atoms with Crippen LogP contribution in [0.5, 0.6) is 0 Å². The zero-order valence-electron chi connectivity index (χ0n) is 16.8. The van der Waals surface area contributed by atoms with E-state index in [0.29, 0.717) is 6.54 Å². The minimum absolute atomic E-state index is 0.145. The Kier molecular flexibility index (Phi) is 8.26. The van der Waals surface area contributed by atoms with E-state index in [2.05, 4.69) is 17.1 Å². The Hall–Kier alpha value is -1.44. The van der Waals surface area contributed by atoms with Gasteiger partial charge in [-0.15, -0.1) is 0 Å². The standard InChI is InChI=1S/C20H33N3O3S/c1-17-7-9-19(10-8-17)15-23(27(3,25)26)16-20(24)21-11-5-13-22-12-4-6-18(2)14-22/h7-10,18H,4-6,11-16H2,1-3H3,(H,21,24)/t18-/m0/s1. The lowest BCUT2D eigenvalue weighted by Gasteiger charge is -2.30. The average Bonchev–Trinajstić information content (AvgIpc) is 2.59. The molecule has 1 amide bonds. The van der Waals surface area contributed by atoms with E-state index in [1.54, 1.807) is 0 Å². The van der Waals surface area contributed by atoms with Crippen molar-refractivity contribution >= 4 is 15.9 Å². The van der Waals surface area contributed by atoms with Crippen molar-refractivity contribution in [2.45, 2.75) is 39.7 Å². The molecule has 0 aliphatic carbocycles. The van der Waals surface area contributed by atoms with Crippen molar-refractivity contribution in [1.82, 2.24) is 14.5 Å². The summed E-state index contributed by atoms with van der Waals surface area (Å²) in [6.07, 6.45) is 4.58. The highest BCUT2D eigenvalue weighted by molar-refractivity contribution is 7.88. The molecule has 2 rings (SSSR count). The van der Waals surface area contributed by atoms with Gasteiger partial charge in [0.25, 0.3) is 0 Å². The number of nitrogens with one attached hydrogen (secondary N) is 1. The molecule has 1 heterocycles. The van der Waals surface area contributed by atoms with E-state index >= 15 is 0 Å². The lowest BCUT2D eigenvalue weighted by molar-refractivity contribution is -0.121. The number of piperidine rings is 1. The van der Waals surface area contributed by atoms with Crippen molar-refractivity contribution in [3.8, 4) is 0 Å². The van der Waals surface area contributed by atoms with Gasteiger partial charge in [-0.2, -0.15) is 4.31 Å². The number of rotatable bonds is 9. The summed E-state index contributed by atoms with van der Waals surface area (Å²) >= 11 is 0. The van der Waals surface area contributed by atoms with Crippen molar-refractivity contribution in [1.29, 1.82) is 0 Å². The van der Waals surface area contributed by atoms with E-state index in [4.69, 9.17) is 0 Å². The number of amides is 1. The third kappa shape index (κ3) is 7.99. The summed E-state index contributed by atoms with van der Waals surface area (Å²) in [5.41, 5.74) is 1.99. The molecule has 27 heavy (non-hydrogen) atoms. The molecule has 0 saturated carbocycles. The van der Waals surface area contributed by atoms with E-state index < -0.39 is 10.0 Å². The molecule has 1 aliphatic heterocycles. The monoisotopic (exact) mass is 395 g/mol. The number of hydrogen-bond acceptors (Lipinski definition) is 4. The van der Waals surface area contributed by atoms with E-state index in [1.807, 2.05) is 31.2 Å². The van der Waals surface area contributed by atoms with Crippen LogP contribution in [0, 0.1) is 12.8 Å². The Balaban J connectivity index is 1.77. The molecule has 1 aromatic rings. The zero-order valence-corrected chi connectivity index (χ0v) is 17.6. The maximum Gasteiger partial charge on any atom is 0.235 e. The van der Waals surface area contributed by atoms with Gasteiger partial charge in [-0.05, 0) is 50.8 Å². The van der Waals surface area contributed by atoms with E-state index in [0.717, 1.165) is 49.4 Å². The average molecular weight is 396 g/mol. The normalized spacial score (nSPS) is 18.6. The minimum Gasteiger partial charge on any atom is -0.355 e. The summed E-state index contributed by atoms with van der Waals surface area (Å²) in [5.74, 6) is 0.498. The smallest absolute Gasteiger partial charge is 0.235 e. The van der Waals surface area contributed by atoms with Gasteiger partial charge in [-0.25, -0.2) is 8.42 Å². The van der Waals surface area contributed by atoms with Crippen molar-refractivity contribution in [3.05, 3.63) is 35.4 Å². The molecular weight excluding hydrogens is 362 g/mol. The van der Waals surface area contributed by atoms with E-state index in [-0.39, 0.29) is 19.0 Å². The zero-order chi connectivity index (χ0) is 19.9. The first-order chi connectivity index (χ1) is 12.7. The lowest BCUT2D eigenvalue weighted by atomic mass is 10.0. The second kappa shape index (κ2) is 10.2. The van der Waals surface area contributed by atoms with Crippen molar-refractivity contribution < 1.29 is 13.2 Å². The number of sulfonamides is 1. The number of nitrogens with zero attached hydrogens (tertiary/aromatic N) is 2. The maximum atomic E-state index is 12.2. The van der Waals surface area contributed by atoms with Gasteiger partial charge in [0.15, 0.2) is 0 Å². The topological polar surface area (TPSA) is 69.7 Å². The second-order valence-electron chi connectivity index (χ2n) is 7.77. The SMILES string of the molecule is Cc1ccc(CN(CC(=O)NCCCN2CCC[C@H](C)C2)S(C)(=O)=O)cc1. The van der Waals surface area contributed by atoms with Crippen LogP contribution in [0.4, 0.5) is 0 Å². The van der Waals surface area contributed by atoms with E-state index in [9.17, 15) is 13.2 Å². The highest BCUT2D eigenvalue weighted by atomic mass is 32.2. The van der Waals surface area contributed by atoms with Gasteiger partial charge in [-0.3, -0.25) is 4.79 Å². The molecule has 1 fully saturated rings. The molecule has 1 saturated heterocycles. The summed E-state index contributed by atoms with van der Waals surface area (Å²) in [6, 6.07) is 7.67. The van der Waals surface area contributed by atoms with Gasteiger partial charge in [0.2, 0.25) is 15.9 Å². The third-order valence-electron chi connectivity index (χ3n) is 4.98. The van der Waals surface area contributed by atoms with Crippen LogP contribution in [0.2, 0.25) is 0 Å². The van der Waals surface area contributed by atoms with Crippen molar-refractivity contribution in [3.63, 3.8) is 0 Å². The number of likely N-dealkylation sites (tertiary alicyclic amines) is 1. The van der Waals surface area contributed by atoms with Crippen LogP contribution in [-0.4, -0.2) is 62.5 Å². The Bertz CT molecular complexity index is 704. The molecule has 0 aromatic heterocycles. The van der Waals surface area contributed by atoms with Crippen LogP contribution >= 0.6 is 0 Å². The predicted molar refractivity (Wildman–Crippen MR) is 109 cm³/mol. The van der Waals surface area contributed by atoms with E-state index in [1.165, 1.54) is 17.1 Å². The highest BCUT2D eigenvalue weighted by Gasteiger charge is 2.20. The van der Waals surface area contributed by atoms with Crippen LogP contribution in [0.1, 0.15) is 37.3 Å². The molecule has 0 bridgehead atoms. The summed E-state index contributed by atoms with van der Waals surface area (Å²) in [4.78, 5) is 14.7. The maximum absolute atomic E-state index is 12.2. The molecule has 1 N–H and O–H groups in total. The largest absolute Gasteiger partial charge is 0.355 e. The molecule has 0 unspecified atom stereocenters. The summed E-state index contributed by atoms with van der Waals surface area (Å²) in [7, 11) is -3.46. The summed E-state index contributed by atoms with van der Waals surface area (Å²) in [5, 5.41) is 2.86. The fourth-order valence-electron chi connectivity index (χ4n) is 3.42. The van der Waals surface area contributed by atoms with Gasteiger partial charge in [0.1, 0.15) is 0 Å². The van der Waals surface area contributed by atoms with Crippen LogP contribution in [0.15, 0.2) is 24.3 Å². The molecule has 0 spiro atoms. The first-order valence-electron chi connectivity index (χ1n) is 9.74. The molecule has 1 aliphatic rings. The fourth-order valence-corrected chi connectivity index (χ4v) is 4.16. The molecule has 7 heteroatoms. The minimum atomic E-state index is -3.46. The first kappa shape index (κ1) is 21.9. The van der Waals surface area contributed by atoms with Gasteiger partial charge in [-0.1, -0.05) is 36.8 Å². The van der Waals surface area contributed by atoms with Crippen LogP contribution < -0.4 is 5.32 Å². The molecule has 152 valence electrons. The number of carbonyl (C=O) groups is 1. The lowest BCUT2D eigenvalue weighted by Crippen LogP contribution is -2.41. The first-order valence-corrected chi connectivity index (χ1v) is 11.6. The number of carbonyl (C=O) groups excluding carboxylic acids is 1. The number of aryl methyl sites for hydroxylation is 1. The van der Waals surface area contributed by atoms with Crippen LogP contribution in [0.3, 0.4) is 0 Å². The third-order valence-corrected chi connectivity index (χ3v) is 6.18. The molecule has 1 atom stereocenters. The van der Waals surface area contributed by atoms with Gasteiger partial charge in [0, 0.05) is 19.6 Å². The Labute approximate surface area is 164 Å². The number of benzene rings is 1. The van der Waals surface area contributed by atoms with Gasteiger partial charge < -0.3 is 10.2 Å². The van der Waals surface area contributed by atoms with Crippen molar-refractivity contribution in [2.24, 2.45) is 5.92 Å². The highest BCUT2D eigenvalue weighted by Crippen LogP contribution is 2.15. The van der Waals surface area contributed by atoms with Gasteiger partial charge >= 0.3 is 0 Å². The Morgan fingerprint density at radius 1 is 1.30 bits per heavy atom. The molecule has 6 nitrogen and oxygen atoms in total. The number of hydrogen-bond donors (Lipinski definition) is 1. The molecular formula is C20H33N3O3S. The summed E-state index contributed by atoms with van der Waals surface area (Å²) in [6.45, 7) is 8.14. The molecule has 0 radical (unpaired) electrons. The second-order valence-corrected chi connectivity index (χ2v) is 9.75. The van der Waals surface area contributed by atoms with Crippen LogP contribution in [0.25, 0.3) is 0 Å². The van der Waals surface area contributed by atoms with Gasteiger partial charge in [0.05, 0.1) is 12.8 Å². The Morgan fingerprint density at radius 3 is 2.63 bits per heavy atom.